The third-order valence-corrected chi connectivity index (χ3v) is 3.70. The SMILES string of the molecule is O=C(O)c1nscc1NC(=O)c1c(Cl)cc(Cl)cc1Cl. The zero-order valence-electron chi connectivity index (χ0n) is 9.49. The van der Waals surface area contributed by atoms with Gasteiger partial charge in [-0.3, -0.25) is 4.79 Å². The topological polar surface area (TPSA) is 79.3 Å². The molecule has 0 bridgehead atoms. The van der Waals surface area contributed by atoms with Gasteiger partial charge in [0.1, 0.15) is 0 Å². The van der Waals surface area contributed by atoms with Crippen molar-refractivity contribution in [2.75, 3.05) is 5.32 Å². The molecule has 9 heteroatoms. The summed E-state index contributed by atoms with van der Waals surface area (Å²) in [5.41, 5.74) is -0.153. The summed E-state index contributed by atoms with van der Waals surface area (Å²) in [6, 6.07) is 2.74. The third-order valence-electron chi connectivity index (χ3n) is 2.25. The Hall–Kier alpha value is -1.34. The second-order valence-corrected chi connectivity index (χ2v) is 5.46. The summed E-state index contributed by atoms with van der Waals surface area (Å²) in [4.78, 5) is 23.0. The lowest BCUT2D eigenvalue weighted by Gasteiger charge is -2.08. The summed E-state index contributed by atoms with van der Waals surface area (Å²) in [6.07, 6.45) is 0. The number of nitrogens with one attached hydrogen (secondary N) is 1. The average Bonchev–Trinajstić information content (AvgIpc) is 2.75. The number of hydrogen-bond acceptors (Lipinski definition) is 4. The van der Waals surface area contributed by atoms with Crippen LogP contribution < -0.4 is 5.32 Å². The maximum absolute atomic E-state index is 12.1. The minimum absolute atomic E-state index is 0.0141. The fraction of sp³-hybridized carbons (Fsp3) is 0. The summed E-state index contributed by atoms with van der Waals surface area (Å²) in [5, 5.41) is 13.1. The molecule has 1 heterocycles. The van der Waals surface area contributed by atoms with Gasteiger partial charge in [-0.25, -0.2) is 4.79 Å². The number of halogens is 3. The van der Waals surface area contributed by atoms with Gasteiger partial charge >= 0.3 is 5.97 Å². The Morgan fingerprint density at radius 3 is 2.35 bits per heavy atom. The smallest absolute Gasteiger partial charge is 0.357 e. The summed E-state index contributed by atoms with van der Waals surface area (Å²) in [6.45, 7) is 0. The minimum atomic E-state index is -1.24. The van der Waals surface area contributed by atoms with Crippen LogP contribution in [0.15, 0.2) is 17.5 Å². The van der Waals surface area contributed by atoms with Gasteiger partial charge in [0.05, 0.1) is 21.3 Å². The first kappa shape index (κ1) is 15.1. The Labute approximate surface area is 132 Å². The van der Waals surface area contributed by atoms with E-state index in [9.17, 15) is 9.59 Å². The largest absolute Gasteiger partial charge is 0.476 e. The molecule has 0 aliphatic carbocycles. The molecule has 0 atom stereocenters. The van der Waals surface area contributed by atoms with Gasteiger partial charge in [0.25, 0.3) is 5.91 Å². The molecule has 0 aliphatic heterocycles. The van der Waals surface area contributed by atoms with Crippen LogP contribution in [-0.4, -0.2) is 21.4 Å². The zero-order chi connectivity index (χ0) is 14.9. The standard InChI is InChI=1S/C11H5Cl3N2O3S/c12-4-1-5(13)8(6(14)2-4)10(17)15-7-3-20-16-9(7)11(18)19/h1-3H,(H,15,17)(H,18,19). The maximum Gasteiger partial charge on any atom is 0.357 e. The number of carbonyl (C=O) groups is 2. The molecular formula is C11H5Cl3N2O3S. The molecule has 0 spiro atoms. The van der Waals surface area contributed by atoms with Crippen LogP contribution in [0.5, 0.6) is 0 Å². The number of carbonyl (C=O) groups excluding carboxylic acids is 1. The summed E-state index contributed by atoms with van der Waals surface area (Å²) in [5.74, 6) is -1.88. The lowest BCUT2D eigenvalue weighted by Crippen LogP contribution is -2.15. The highest BCUT2D eigenvalue weighted by molar-refractivity contribution is 7.04. The summed E-state index contributed by atoms with van der Waals surface area (Å²) >= 11 is 18.5. The molecule has 2 rings (SSSR count). The van der Waals surface area contributed by atoms with E-state index in [4.69, 9.17) is 39.9 Å². The quantitative estimate of drug-likeness (QED) is 0.874. The van der Waals surface area contributed by atoms with Gasteiger partial charge in [-0.15, -0.1) is 0 Å². The summed E-state index contributed by atoms with van der Waals surface area (Å²) in [7, 11) is 0. The van der Waals surface area contributed by atoms with Crippen molar-refractivity contribution in [3.63, 3.8) is 0 Å². The van der Waals surface area contributed by atoms with Crippen molar-refractivity contribution in [2.45, 2.75) is 0 Å². The van der Waals surface area contributed by atoms with E-state index in [0.29, 0.717) is 5.02 Å². The molecule has 2 N–H and O–H groups in total. The van der Waals surface area contributed by atoms with Crippen LogP contribution in [0.4, 0.5) is 5.69 Å². The Morgan fingerprint density at radius 2 is 1.80 bits per heavy atom. The van der Waals surface area contributed by atoms with Crippen molar-refractivity contribution in [1.29, 1.82) is 0 Å². The predicted molar refractivity (Wildman–Crippen MR) is 78.5 cm³/mol. The highest BCUT2D eigenvalue weighted by atomic mass is 35.5. The maximum atomic E-state index is 12.1. The van der Waals surface area contributed by atoms with Crippen LogP contribution >= 0.6 is 46.3 Å². The zero-order valence-corrected chi connectivity index (χ0v) is 12.6. The molecule has 1 amide bonds. The molecule has 0 aliphatic rings. The molecule has 0 saturated heterocycles. The van der Waals surface area contributed by atoms with E-state index in [-0.39, 0.29) is 27.0 Å². The average molecular weight is 352 g/mol. The highest BCUT2D eigenvalue weighted by Crippen LogP contribution is 2.30. The third kappa shape index (κ3) is 3.04. The number of aromatic carboxylic acids is 1. The van der Waals surface area contributed by atoms with E-state index in [0.717, 1.165) is 11.5 Å². The van der Waals surface area contributed by atoms with E-state index in [2.05, 4.69) is 9.69 Å². The van der Waals surface area contributed by atoms with Crippen LogP contribution in [0.25, 0.3) is 0 Å². The molecule has 0 unspecified atom stereocenters. The fourth-order valence-corrected chi connectivity index (χ4v) is 3.02. The van der Waals surface area contributed by atoms with Gasteiger partial charge in [-0.1, -0.05) is 34.8 Å². The van der Waals surface area contributed by atoms with Crippen molar-refractivity contribution >= 4 is 63.9 Å². The number of rotatable bonds is 3. The first-order chi connectivity index (χ1) is 9.40. The Balaban J connectivity index is 2.34. The van der Waals surface area contributed by atoms with E-state index in [1.54, 1.807) is 0 Å². The van der Waals surface area contributed by atoms with Crippen LogP contribution in [0.3, 0.4) is 0 Å². The predicted octanol–water partition coefficient (Wildman–Crippen LogP) is 4.05. The lowest BCUT2D eigenvalue weighted by molar-refractivity contribution is 0.0693. The van der Waals surface area contributed by atoms with Crippen LogP contribution in [0.1, 0.15) is 20.8 Å². The molecule has 5 nitrogen and oxygen atoms in total. The van der Waals surface area contributed by atoms with Gasteiger partial charge in [0.2, 0.25) is 0 Å². The number of carboxylic acid groups (broad SMARTS) is 1. The number of nitrogens with zero attached hydrogens (tertiary/aromatic N) is 1. The Bertz CT molecular complexity index is 679. The normalized spacial score (nSPS) is 10.3. The number of benzene rings is 1. The molecule has 104 valence electrons. The van der Waals surface area contributed by atoms with Crippen molar-refractivity contribution in [2.24, 2.45) is 0 Å². The Kier molecular flexibility index (Phi) is 4.49. The first-order valence-corrected chi connectivity index (χ1v) is 7.00. The molecule has 20 heavy (non-hydrogen) atoms. The van der Waals surface area contributed by atoms with Gasteiger partial charge in [-0.2, -0.15) is 4.37 Å². The lowest BCUT2D eigenvalue weighted by atomic mass is 10.2. The van der Waals surface area contributed by atoms with Gasteiger partial charge < -0.3 is 10.4 Å². The molecule has 0 fully saturated rings. The van der Waals surface area contributed by atoms with Crippen LogP contribution in [-0.2, 0) is 0 Å². The number of aromatic nitrogens is 1. The van der Waals surface area contributed by atoms with Gasteiger partial charge in [0.15, 0.2) is 5.69 Å². The van der Waals surface area contributed by atoms with Gasteiger partial charge in [-0.05, 0) is 23.7 Å². The second kappa shape index (κ2) is 5.97. The fourth-order valence-electron chi connectivity index (χ4n) is 1.42. The van der Waals surface area contributed by atoms with Crippen molar-refractivity contribution in [3.8, 4) is 0 Å². The number of anilines is 1. The monoisotopic (exact) mass is 350 g/mol. The van der Waals surface area contributed by atoms with Crippen LogP contribution in [0.2, 0.25) is 15.1 Å². The molecule has 0 radical (unpaired) electrons. The number of amides is 1. The Morgan fingerprint density at radius 1 is 1.20 bits per heavy atom. The van der Waals surface area contributed by atoms with E-state index < -0.39 is 11.9 Å². The number of hydrogen-bond donors (Lipinski definition) is 2. The van der Waals surface area contributed by atoms with Crippen molar-refractivity contribution in [1.82, 2.24) is 4.37 Å². The summed E-state index contributed by atoms with van der Waals surface area (Å²) < 4.78 is 3.66. The first-order valence-electron chi connectivity index (χ1n) is 5.03. The minimum Gasteiger partial charge on any atom is -0.476 e. The van der Waals surface area contributed by atoms with Crippen molar-refractivity contribution < 1.29 is 14.7 Å². The van der Waals surface area contributed by atoms with Crippen molar-refractivity contribution in [3.05, 3.63) is 43.8 Å². The van der Waals surface area contributed by atoms with E-state index in [1.165, 1.54) is 17.5 Å². The molecule has 2 aromatic rings. The highest BCUT2D eigenvalue weighted by Gasteiger charge is 2.20. The second-order valence-electron chi connectivity index (χ2n) is 3.58. The van der Waals surface area contributed by atoms with E-state index in [1.807, 2.05) is 0 Å². The molecule has 0 saturated carbocycles. The number of carboxylic acids is 1. The molecular weight excluding hydrogens is 347 g/mol. The van der Waals surface area contributed by atoms with E-state index >= 15 is 0 Å². The van der Waals surface area contributed by atoms with Crippen LogP contribution in [0, 0.1) is 0 Å². The molecule has 1 aromatic carbocycles. The molecule has 1 aromatic heterocycles. The van der Waals surface area contributed by atoms with Gasteiger partial charge in [0, 0.05) is 10.4 Å².